The van der Waals surface area contributed by atoms with Crippen LogP contribution in [0.4, 0.5) is 0 Å². The molecule has 0 radical (unpaired) electrons. The Balaban J connectivity index is 1.80. The highest BCUT2D eigenvalue weighted by Crippen LogP contribution is 2.47. The normalized spacial score (nSPS) is 39.4. The summed E-state index contributed by atoms with van der Waals surface area (Å²) in [7, 11) is -0.00287. The Morgan fingerprint density at radius 1 is 1.33 bits per heavy atom. The van der Waals surface area contributed by atoms with E-state index in [1.165, 1.54) is 12.8 Å². The van der Waals surface area contributed by atoms with Gasteiger partial charge in [-0.2, -0.15) is 0 Å². The quantitative estimate of drug-likeness (QED) is 0.390. The molecule has 12 heavy (non-hydrogen) atoms. The topological polar surface area (TPSA) is 0 Å². The fourth-order valence-electron chi connectivity index (χ4n) is 2.57. The lowest BCUT2D eigenvalue weighted by atomic mass is 10.1. The molecule has 2 aliphatic rings. The number of hydrogen-bond acceptors (Lipinski definition) is 0. The van der Waals surface area contributed by atoms with Crippen molar-refractivity contribution in [1.82, 2.24) is 0 Å². The van der Waals surface area contributed by atoms with Crippen molar-refractivity contribution in [3.63, 3.8) is 0 Å². The maximum absolute atomic E-state index is 5.74. The van der Waals surface area contributed by atoms with Gasteiger partial charge in [0.15, 0.2) is 0 Å². The van der Waals surface area contributed by atoms with Crippen LogP contribution < -0.4 is 0 Å². The van der Waals surface area contributed by atoms with E-state index in [1.807, 2.05) is 0 Å². The van der Waals surface area contributed by atoms with E-state index in [9.17, 15) is 0 Å². The smallest absolute Gasteiger partial charge is 0.105 e. The predicted molar refractivity (Wildman–Crippen MR) is 57.9 cm³/mol. The Morgan fingerprint density at radius 2 is 2.17 bits per heavy atom. The zero-order valence-corrected chi connectivity index (χ0v) is 9.97. The third-order valence-corrected chi connectivity index (χ3v) is 6.93. The molecule has 2 rings (SSSR count). The molecule has 68 valence electrons. The Labute approximate surface area is 86.1 Å². The number of rotatable bonds is 3. The maximum Gasteiger partial charge on any atom is 0.105 e. The minimum Gasteiger partial charge on any atom is -0.106 e. The first-order valence-corrected chi connectivity index (χ1v) is 7.41. The lowest BCUT2D eigenvalue weighted by molar-refractivity contribution is 0.688. The van der Waals surface area contributed by atoms with Crippen molar-refractivity contribution in [2.45, 2.75) is 29.3 Å². The molecule has 0 nitrogen and oxygen atoms in total. The number of fused-ring (bicyclic) bond motifs is 2. The highest BCUT2D eigenvalue weighted by Gasteiger charge is 2.35. The number of halogens is 2. The predicted octanol–water partition coefficient (Wildman–Crippen LogP) is 2.76. The first-order valence-electron chi connectivity index (χ1n) is 4.72. The average molecular weight is 221 g/mol. The highest BCUT2D eigenvalue weighted by atomic mass is 35.5. The molecule has 0 saturated heterocycles. The summed E-state index contributed by atoms with van der Waals surface area (Å²) in [5, 5.41) is 0. The van der Waals surface area contributed by atoms with Crippen LogP contribution in [0, 0.1) is 11.8 Å². The molecule has 0 heterocycles. The third-order valence-electron chi connectivity index (χ3n) is 3.17. The largest absolute Gasteiger partial charge is 0.106 e. The summed E-state index contributed by atoms with van der Waals surface area (Å²) in [5.74, 6) is 1.82. The van der Waals surface area contributed by atoms with Crippen LogP contribution in [0.3, 0.4) is 0 Å². The van der Waals surface area contributed by atoms with Crippen molar-refractivity contribution >= 4 is 32.7 Å². The van der Waals surface area contributed by atoms with Gasteiger partial charge in [0.25, 0.3) is 0 Å². The van der Waals surface area contributed by atoms with Crippen molar-refractivity contribution in [2.24, 2.45) is 11.8 Å². The highest BCUT2D eigenvalue weighted by molar-refractivity contribution is 6.50. The van der Waals surface area contributed by atoms with Gasteiger partial charge in [-0.15, -0.1) is 23.2 Å². The first-order chi connectivity index (χ1) is 5.75. The Kier molecular flexibility index (Phi) is 2.83. The minimum absolute atomic E-state index is 0.00287. The van der Waals surface area contributed by atoms with Gasteiger partial charge in [-0.1, -0.05) is 12.2 Å². The molecular formula is C9H14Cl2Si. The summed E-state index contributed by atoms with van der Waals surface area (Å²) >= 11 is 11.5. The van der Waals surface area contributed by atoms with Crippen molar-refractivity contribution in [3.05, 3.63) is 12.2 Å². The van der Waals surface area contributed by atoms with E-state index in [0.29, 0.717) is 0 Å². The van der Waals surface area contributed by atoms with E-state index in [0.717, 1.165) is 23.4 Å². The molecule has 0 aromatic rings. The molecule has 3 heteroatoms. The Bertz CT molecular complexity index is 191. The van der Waals surface area contributed by atoms with E-state index >= 15 is 0 Å². The van der Waals surface area contributed by atoms with Crippen molar-refractivity contribution in [1.29, 1.82) is 0 Å². The Hall–Kier alpha value is 0.537. The van der Waals surface area contributed by atoms with E-state index in [-0.39, 0.29) is 14.4 Å². The van der Waals surface area contributed by atoms with Gasteiger partial charge in [0.2, 0.25) is 0 Å². The molecule has 0 aliphatic heterocycles. The molecule has 1 saturated carbocycles. The van der Waals surface area contributed by atoms with Crippen molar-refractivity contribution in [2.75, 3.05) is 0 Å². The zero-order chi connectivity index (χ0) is 8.55. The number of allylic oxidation sites excluding steroid dienone is 2. The van der Waals surface area contributed by atoms with E-state index in [4.69, 9.17) is 23.2 Å². The summed E-state index contributed by atoms with van der Waals surface area (Å²) < 4.78 is 0. The monoisotopic (exact) mass is 220 g/mol. The van der Waals surface area contributed by atoms with Crippen LogP contribution in [0.1, 0.15) is 12.8 Å². The second-order valence-electron chi connectivity index (χ2n) is 4.01. The maximum atomic E-state index is 5.74. The summed E-state index contributed by atoms with van der Waals surface area (Å²) in [6.45, 7) is 0. The van der Waals surface area contributed by atoms with Crippen LogP contribution in [-0.2, 0) is 0 Å². The van der Waals surface area contributed by atoms with E-state index in [2.05, 4.69) is 12.2 Å². The van der Waals surface area contributed by atoms with Crippen LogP contribution in [0.25, 0.3) is 0 Å². The second kappa shape index (κ2) is 3.73. The molecule has 0 amide bonds. The van der Waals surface area contributed by atoms with Crippen molar-refractivity contribution < 1.29 is 0 Å². The molecular weight excluding hydrogens is 207 g/mol. The minimum atomic E-state index is -0.0974. The SMILES string of the molecule is ClC(Cl)C[SiH2]C1CC2C=CC1C2. The van der Waals surface area contributed by atoms with Gasteiger partial charge in [-0.3, -0.25) is 0 Å². The molecule has 0 spiro atoms. The molecule has 0 aromatic heterocycles. The summed E-state index contributed by atoms with van der Waals surface area (Å²) in [5.41, 5.74) is 1.01. The van der Waals surface area contributed by atoms with E-state index in [1.54, 1.807) is 0 Å². The van der Waals surface area contributed by atoms with Gasteiger partial charge in [-0.25, -0.2) is 0 Å². The lowest BCUT2D eigenvalue weighted by Crippen LogP contribution is -2.10. The van der Waals surface area contributed by atoms with Crippen LogP contribution in [0.15, 0.2) is 12.2 Å². The van der Waals surface area contributed by atoms with Crippen LogP contribution in [-0.4, -0.2) is 14.4 Å². The molecule has 2 aliphatic carbocycles. The van der Waals surface area contributed by atoms with Gasteiger partial charge in [0, 0.05) is 9.52 Å². The van der Waals surface area contributed by atoms with Gasteiger partial charge >= 0.3 is 0 Å². The molecule has 2 bridgehead atoms. The summed E-state index contributed by atoms with van der Waals surface area (Å²) in [4.78, 5) is -0.0974. The second-order valence-corrected chi connectivity index (χ2v) is 7.49. The van der Waals surface area contributed by atoms with Crippen LogP contribution >= 0.6 is 23.2 Å². The van der Waals surface area contributed by atoms with Crippen molar-refractivity contribution in [3.8, 4) is 0 Å². The standard InChI is InChI=1S/C9H14Cl2Si/c10-9(11)5-12-8-4-6-1-2-7(8)3-6/h1-2,6-9H,3-5,12H2. The van der Waals surface area contributed by atoms with Gasteiger partial charge in [0.05, 0.1) is 0 Å². The molecule has 3 unspecified atom stereocenters. The summed E-state index contributed by atoms with van der Waals surface area (Å²) in [6.07, 6.45) is 7.68. The number of alkyl halides is 2. The molecule has 1 fully saturated rings. The molecule has 3 atom stereocenters. The van der Waals surface area contributed by atoms with Gasteiger partial charge in [-0.05, 0) is 36.3 Å². The summed E-state index contributed by atoms with van der Waals surface area (Å²) in [6, 6.07) is 1.10. The fraction of sp³-hybridized carbons (Fsp3) is 0.778. The Morgan fingerprint density at radius 3 is 2.67 bits per heavy atom. The molecule has 0 N–H and O–H groups in total. The molecule has 0 aromatic carbocycles. The van der Waals surface area contributed by atoms with Crippen LogP contribution in [0.2, 0.25) is 11.6 Å². The average Bonchev–Trinajstić information content (AvgIpc) is 2.60. The first kappa shape index (κ1) is 9.11. The lowest BCUT2D eigenvalue weighted by Gasteiger charge is -2.17. The van der Waals surface area contributed by atoms with E-state index < -0.39 is 0 Å². The van der Waals surface area contributed by atoms with Crippen LogP contribution in [0.5, 0.6) is 0 Å². The fourth-order valence-corrected chi connectivity index (χ4v) is 5.44. The zero-order valence-electron chi connectivity index (χ0n) is 7.05. The van der Waals surface area contributed by atoms with Gasteiger partial charge in [0.1, 0.15) is 4.84 Å². The number of hydrogen-bond donors (Lipinski definition) is 0. The third kappa shape index (κ3) is 1.89. The van der Waals surface area contributed by atoms with Gasteiger partial charge < -0.3 is 0 Å².